The number of methoxy groups -OCH3 is 1. The second-order valence-electron chi connectivity index (χ2n) is 10.4. The molecule has 9 nitrogen and oxygen atoms in total. The Balaban J connectivity index is 0.00000185. The van der Waals surface area contributed by atoms with Crippen LogP contribution in [0.1, 0.15) is 42.9 Å². The standard InChI is InChI=1S/C28H30N4O5S.2ClH/c1-4-16-11-28(16,27(34)35)32-25(33)19-9-17(12-29-19)37-23-10-20(26-31-21(13-38-26)15-5-6-15)30-24-14(2)22(36-3)8-7-18(23)24;;/h4,7-8,10,13,15-17,19,29H,1,5-6,9,11-12H2,2-3H3,(H,32,33)(H,34,35);2*1H/t16-,17-,19-,28-;;/m1../s1. The second-order valence-corrected chi connectivity index (χ2v) is 11.3. The maximum absolute atomic E-state index is 12.9. The number of ether oxygens (including phenoxy) is 2. The summed E-state index contributed by atoms with van der Waals surface area (Å²) in [5.41, 5.74) is 2.32. The van der Waals surface area contributed by atoms with Gasteiger partial charge in [-0.25, -0.2) is 14.8 Å². The quantitative estimate of drug-likeness (QED) is 0.301. The van der Waals surface area contributed by atoms with Gasteiger partial charge >= 0.3 is 5.97 Å². The van der Waals surface area contributed by atoms with E-state index < -0.39 is 17.6 Å². The van der Waals surface area contributed by atoms with Gasteiger partial charge in [0.15, 0.2) is 0 Å². The van der Waals surface area contributed by atoms with Crippen LogP contribution < -0.4 is 20.1 Å². The van der Waals surface area contributed by atoms with E-state index in [0.29, 0.717) is 31.1 Å². The van der Waals surface area contributed by atoms with Gasteiger partial charge in [-0.15, -0.1) is 42.7 Å². The van der Waals surface area contributed by atoms with Crippen molar-refractivity contribution in [3.8, 4) is 22.2 Å². The van der Waals surface area contributed by atoms with Crippen molar-refractivity contribution in [2.75, 3.05) is 13.7 Å². The summed E-state index contributed by atoms with van der Waals surface area (Å²) in [4.78, 5) is 34.5. The number of fused-ring (bicyclic) bond motifs is 1. The van der Waals surface area contributed by atoms with E-state index >= 15 is 0 Å². The van der Waals surface area contributed by atoms with Gasteiger partial charge in [-0.1, -0.05) is 6.08 Å². The summed E-state index contributed by atoms with van der Waals surface area (Å²) in [6, 6.07) is 5.23. The molecule has 1 aromatic carbocycles. The van der Waals surface area contributed by atoms with Crippen LogP contribution in [0, 0.1) is 12.8 Å². The molecular formula is C28H32Cl2N4O5S. The summed E-state index contributed by atoms with van der Waals surface area (Å²) in [6.07, 6.45) is 4.45. The fourth-order valence-corrected chi connectivity index (χ4v) is 6.13. The number of aryl methyl sites for hydroxylation is 1. The molecule has 0 radical (unpaired) electrons. The van der Waals surface area contributed by atoms with Crippen LogP contribution in [0.2, 0.25) is 0 Å². The Morgan fingerprint density at radius 2 is 2.02 bits per heavy atom. The first kappa shape index (κ1) is 30.0. The summed E-state index contributed by atoms with van der Waals surface area (Å²) in [5.74, 6) is 0.348. The third-order valence-corrected chi connectivity index (χ3v) is 8.71. The van der Waals surface area contributed by atoms with E-state index in [4.69, 9.17) is 19.4 Å². The number of carbonyl (C=O) groups excluding carboxylic acids is 1. The third kappa shape index (κ3) is 5.37. The second kappa shape index (κ2) is 11.5. The number of aromatic nitrogens is 2. The Morgan fingerprint density at radius 3 is 2.67 bits per heavy atom. The minimum absolute atomic E-state index is 0. The lowest BCUT2D eigenvalue weighted by atomic mass is 10.1. The van der Waals surface area contributed by atoms with Crippen LogP contribution in [0.25, 0.3) is 21.6 Å². The van der Waals surface area contributed by atoms with Crippen molar-refractivity contribution in [3.05, 3.63) is 47.5 Å². The number of rotatable bonds is 9. The number of hydrogen-bond acceptors (Lipinski definition) is 8. The number of carboxylic acids is 1. The van der Waals surface area contributed by atoms with Crippen LogP contribution in [0.4, 0.5) is 0 Å². The van der Waals surface area contributed by atoms with E-state index in [0.717, 1.165) is 38.6 Å². The van der Waals surface area contributed by atoms with Crippen molar-refractivity contribution in [3.63, 3.8) is 0 Å². The highest BCUT2D eigenvalue weighted by Crippen LogP contribution is 2.45. The highest BCUT2D eigenvalue weighted by molar-refractivity contribution is 7.13. The number of nitrogens with one attached hydrogen (secondary N) is 2. The highest BCUT2D eigenvalue weighted by Gasteiger charge is 2.60. The first-order chi connectivity index (χ1) is 18.3. The molecule has 2 saturated carbocycles. The fraction of sp³-hybridized carbons (Fsp3) is 0.429. The molecule has 1 saturated heterocycles. The van der Waals surface area contributed by atoms with E-state index in [1.54, 1.807) is 24.5 Å². The third-order valence-electron chi connectivity index (χ3n) is 7.83. The SMILES string of the molecule is C=C[C@@H]1C[C@]1(NC(=O)[C@H]1C[C@@H](Oc2cc(-c3nc(C4CC4)cs3)nc3c(C)c(OC)ccc23)CN1)C(=O)O.Cl.Cl. The van der Waals surface area contributed by atoms with E-state index in [9.17, 15) is 14.7 Å². The minimum Gasteiger partial charge on any atom is -0.496 e. The minimum atomic E-state index is -1.25. The summed E-state index contributed by atoms with van der Waals surface area (Å²) in [5, 5.41) is 19.4. The molecule has 3 aliphatic rings. The molecule has 3 heterocycles. The molecule has 3 N–H and O–H groups in total. The molecular weight excluding hydrogens is 575 g/mol. The number of halogens is 2. The van der Waals surface area contributed by atoms with Crippen molar-refractivity contribution in [2.24, 2.45) is 5.92 Å². The number of benzene rings is 1. The van der Waals surface area contributed by atoms with Crippen molar-refractivity contribution < 1.29 is 24.2 Å². The smallest absolute Gasteiger partial charge is 0.330 e. The number of amides is 1. The average Bonchev–Trinajstić information content (AvgIpc) is 3.77. The van der Waals surface area contributed by atoms with Gasteiger partial charge in [0.2, 0.25) is 5.91 Å². The molecule has 40 heavy (non-hydrogen) atoms. The summed E-state index contributed by atoms with van der Waals surface area (Å²) < 4.78 is 12.0. The van der Waals surface area contributed by atoms with E-state index in [-0.39, 0.29) is 42.7 Å². The van der Waals surface area contributed by atoms with Gasteiger partial charge in [-0.2, -0.15) is 0 Å². The lowest BCUT2D eigenvalue weighted by molar-refractivity contribution is -0.143. The number of thiazole rings is 1. The topological polar surface area (TPSA) is 123 Å². The zero-order valence-electron chi connectivity index (χ0n) is 22.1. The molecule has 0 bridgehead atoms. The maximum atomic E-state index is 12.9. The van der Waals surface area contributed by atoms with Crippen molar-refractivity contribution in [1.29, 1.82) is 0 Å². The Hall–Kier alpha value is -2.92. The van der Waals surface area contributed by atoms with Gasteiger partial charge in [0.05, 0.1) is 24.4 Å². The van der Waals surface area contributed by atoms with Crippen molar-refractivity contribution in [1.82, 2.24) is 20.6 Å². The van der Waals surface area contributed by atoms with Gasteiger partial charge in [0.1, 0.15) is 33.8 Å². The lowest BCUT2D eigenvalue weighted by Gasteiger charge is -2.18. The predicted molar refractivity (Wildman–Crippen MR) is 158 cm³/mol. The van der Waals surface area contributed by atoms with Gasteiger partial charge in [-0.05, 0) is 38.3 Å². The molecule has 6 rings (SSSR count). The van der Waals surface area contributed by atoms with Crippen molar-refractivity contribution in [2.45, 2.75) is 56.2 Å². The number of aliphatic carboxylic acids is 1. The van der Waals surface area contributed by atoms with Gasteiger partial charge in [0.25, 0.3) is 0 Å². The van der Waals surface area contributed by atoms with Crippen LogP contribution in [-0.4, -0.2) is 58.3 Å². The number of pyridine rings is 1. The van der Waals surface area contributed by atoms with E-state index in [1.165, 1.54) is 12.8 Å². The van der Waals surface area contributed by atoms with E-state index in [2.05, 4.69) is 22.6 Å². The molecule has 3 fully saturated rings. The number of hydrogen-bond donors (Lipinski definition) is 3. The molecule has 1 amide bonds. The average molecular weight is 608 g/mol. The fourth-order valence-electron chi connectivity index (χ4n) is 5.27. The van der Waals surface area contributed by atoms with Crippen LogP contribution in [-0.2, 0) is 9.59 Å². The predicted octanol–water partition coefficient (Wildman–Crippen LogP) is 4.65. The Labute approximate surface area is 248 Å². The number of nitrogens with zero attached hydrogens (tertiary/aromatic N) is 2. The normalized spacial score (nSPS) is 24.9. The summed E-state index contributed by atoms with van der Waals surface area (Å²) in [6.45, 7) is 6.12. The largest absolute Gasteiger partial charge is 0.496 e. The van der Waals surface area contributed by atoms with E-state index in [1.807, 2.05) is 25.1 Å². The molecule has 4 atom stereocenters. The first-order valence-electron chi connectivity index (χ1n) is 12.8. The summed E-state index contributed by atoms with van der Waals surface area (Å²) >= 11 is 1.59. The number of carboxylic acid groups (broad SMARTS) is 1. The van der Waals surface area contributed by atoms with Gasteiger partial charge in [0, 0.05) is 47.2 Å². The van der Waals surface area contributed by atoms with Crippen LogP contribution in [0.3, 0.4) is 0 Å². The number of carbonyl (C=O) groups is 2. The Morgan fingerprint density at radius 1 is 1.25 bits per heavy atom. The monoisotopic (exact) mass is 606 g/mol. The molecule has 2 aromatic heterocycles. The highest BCUT2D eigenvalue weighted by atomic mass is 35.5. The van der Waals surface area contributed by atoms with Crippen LogP contribution in [0.15, 0.2) is 36.2 Å². The Bertz CT molecular complexity index is 1460. The molecule has 1 aliphatic heterocycles. The summed E-state index contributed by atoms with van der Waals surface area (Å²) in [7, 11) is 1.64. The van der Waals surface area contributed by atoms with Crippen molar-refractivity contribution >= 4 is 58.9 Å². The zero-order chi connectivity index (χ0) is 26.6. The zero-order valence-corrected chi connectivity index (χ0v) is 24.6. The molecule has 12 heteroatoms. The lowest BCUT2D eigenvalue weighted by Crippen LogP contribution is -2.51. The first-order valence-corrected chi connectivity index (χ1v) is 13.7. The Kier molecular flexibility index (Phi) is 8.65. The van der Waals surface area contributed by atoms with Crippen LogP contribution in [0.5, 0.6) is 11.5 Å². The molecule has 214 valence electrons. The van der Waals surface area contributed by atoms with Crippen LogP contribution >= 0.6 is 36.2 Å². The molecule has 2 aliphatic carbocycles. The molecule has 0 spiro atoms. The van der Waals surface area contributed by atoms with Gasteiger partial charge < -0.3 is 25.2 Å². The molecule has 3 aromatic rings. The van der Waals surface area contributed by atoms with Gasteiger partial charge in [-0.3, -0.25) is 4.79 Å². The molecule has 0 unspecified atom stereocenters. The maximum Gasteiger partial charge on any atom is 0.330 e.